The molecule has 1 heterocycles. The first kappa shape index (κ1) is 15.1. The molecular formula is C15H27N3. The third kappa shape index (κ3) is 4.75. The molecule has 1 aromatic heterocycles. The van der Waals surface area contributed by atoms with Crippen LogP contribution in [0.25, 0.3) is 0 Å². The molecule has 0 aliphatic carbocycles. The van der Waals surface area contributed by atoms with E-state index in [0.717, 1.165) is 23.7 Å². The molecule has 3 N–H and O–H groups in total. The number of rotatable bonds is 8. The Morgan fingerprint density at radius 2 is 2.11 bits per heavy atom. The van der Waals surface area contributed by atoms with Gasteiger partial charge >= 0.3 is 0 Å². The van der Waals surface area contributed by atoms with Crippen LogP contribution in [0.3, 0.4) is 0 Å². The second kappa shape index (κ2) is 8.22. The number of hydrogen-bond donors (Lipinski definition) is 2. The lowest BCUT2D eigenvalue weighted by molar-refractivity contribution is 0.352. The third-order valence-corrected chi connectivity index (χ3v) is 3.58. The van der Waals surface area contributed by atoms with E-state index in [2.05, 4.69) is 36.4 Å². The Morgan fingerprint density at radius 3 is 2.67 bits per heavy atom. The highest BCUT2D eigenvalue weighted by molar-refractivity contribution is 5.13. The van der Waals surface area contributed by atoms with Crippen LogP contribution in [0.1, 0.15) is 63.4 Å². The second-order valence-electron chi connectivity index (χ2n) is 5.08. The van der Waals surface area contributed by atoms with Gasteiger partial charge in [-0.1, -0.05) is 45.6 Å². The van der Waals surface area contributed by atoms with E-state index in [-0.39, 0.29) is 6.04 Å². The van der Waals surface area contributed by atoms with E-state index >= 15 is 0 Å². The molecule has 0 fully saturated rings. The average molecular weight is 249 g/mol. The van der Waals surface area contributed by atoms with Crippen molar-refractivity contribution < 1.29 is 0 Å². The van der Waals surface area contributed by atoms with Gasteiger partial charge in [-0.05, 0) is 31.4 Å². The number of aryl methyl sites for hydroxylation is 1. The highest BCUT2D eigenvalue weighted by atomic mass is 15.2. The Morgan fingerprint density at radius 1 is 1.33 bits per heavy atom. The van der Waals surface area contributed by atoms with Crippen molar-refractivity contribution in [1.82, 2.24) is 10.4 Å². The highest BCUT2D eigenvalue weighted by Crippen LogP contribution is 2.25. The smallest absolute Gasteiger partial charge is 0.0634 e. The van der Waals surface area contributed by atoms with Crippen molar-refractivity contribution in [2.45, 2.75) is 58.9 Å². The molecule has 0 bridgehead atoms. The van der Waals surface area contributed by atoms with E-state index < -0.39 is 0 Å². The predicted molar refractivity (Wildman–Crippen MR) is 77.0 cm³/mol. The number of aromatic nitrogens is 1. The zero-order valence-electron chi connectivity index (χ0n) is 11.9. The fourth-order valence-electron chi connectivity index (χ4n) is 2.35. The first-order valence-corrected chi connectivity index (χ1v) is 7.10. The Hall–Kier alpha value is -0.930. The summed E-state index contributed by atoms with van der Waals surface area (Å²) >= 11 is 0. The maximum atomic E-state index is 5.70. The normalized spacial score (nSPS) is 14.4. The van der Waals surface area contributed by atoms with Crippen LogP contribution in [0.5, 0.6) is 0 Å². The molecule has 0 aliphatic heterocycles. The van der Waals surface area contributed by atoms with E-state index in [1.165, 1.54) is 25.7 Å². The predicted octanol–water partition coefficient (Wildman–Crippen LogP) is 3.50. The Labute approximate surface area is 111 Å². The standard InChI is InChI=1S/C15H27N3/c1-4-6-9-13(5-2)11-15(18-16)14-10-7-8-12(3)17-14/h7-8,10,13,15,18H,4-6,9,11,16H2,1-3H3. The minimum atomic E-state index is 0.173. The fraction of sp³-hybridized carbons (Fsp3) is 0.667. The molecule has 0 amide bonds. The molecule has 0 spiro atoms. The van der Waals surface area contributed by atoms with Gasteiger partial charge in [-0.2, -0.15) is 0 Å². The Balaban J connectivity index is 2.65. The van der Waals surface area contributed by atoms with Crippen molar-refractivity contribution in [3.63, 3.8) is 0 Å². The van der Waals surface area contributed by atoms with Crippen molar-refractivity contribution in [3.8, 4) is 0 Å². The fourth-order valence-corrected chi connectivity index (χ4v) is 2.35. The number of hydrogen-bond acceptors (Lipinski definition) is 3. The van der Waals surface area contributed by atoms with Crippen LogP contribution in [0.2, 0.25) is 0 Å². The Bertz CT molecular complexity index is 338. The minimum Gasteiger partial charge on any atom is -0.271 e. The van der Waals surface area contributed by atoms with E-state index in [0.29, 0.717) is 0 Å². The molecule has 3 nitrogen and oxygen atoms in total. The van der Waals surface area contributed by atoms with Gasteiger partial charge in [0.25, 0.3) is 0 Å². The number of pyridine rings is 1. The van der Waals surface area contributed by atoms with E-state index in [4.69, 9.17) is 5.84 Å². The average Bonchev–Trinajstić information content (AvgIpc) is 2.39. The van der Waals surface area contributed by atoms with Gasteiger partial charge in [0, 0.05) is 5.69 Å². The van der Waals surface area contributed by atoms with Gasteiger partial charge in [0.05, 0.1) is 11.7 Å². The van der Waals surface area contributed by atoms with E-state index in [1.54, 1.807) is 0 Å². The molecule has 0 aromatic carbocycles. The van der Waals surface area contributed by atoms with Gasteiger partial charge in [0.2, 0.25) is 0 Å². The number of unbranched alkanes of at least 4 members (excludes halogenated alkanes) is 1. The molecule has 1 rings (SSSR count). The lowest BCUT2D eigenvalue weighted by atomic mass is 9.91. The summed E-state index contributed by atoms with van der Waals surface area (Å²) in [5.41, 5.74) is 5.04. The first-order chi connectivity index (χ1) is 8.71. The van der Waals surface area contributed by atoms with Crippen LogP contribution in [-0.4, -0.2) is 4.98 Å². The lowest BCUT2D eigenvalue weighted by Gasteiger charge is -2.22. The largest absolute Gasteiger partial charge is 0.271 e. The molecule has 1 aromatic rings. The molecule has 0 aliphatic rings. The van der Waals surface area contributed by atoms with Gasteiger partial charge in [0.1, 0.15) is 0 Å². The monoisotopic (exact) mass is 249 g/mol. The molecule has 2 atom stereocenters. The number of nitrogens with zero attached hydrogens (tertiary/aromatic N) is 1. The molecule has 2 unspecified atom stereocenters. The van der Waals surface area contributed by atoms with Crippen molar-refractivity contribution >= 4 is 0 Å². The van der Waals surface area contributed by atoms with Crippen LogP contribution in [0.15, 0.2) is 18.2 Å². The van der Waals surface area contributed by atoms with E-state index in [9.17, 15) is 0 Å². The zero-order chi connectivity index (χ0) is 13.4. The molecule has 102 valence electrons. The summed E-state index contributed by atoms with van der Waals surface area (Å²) in [4.78, 5) is 4.57. The minimum absolute atomic E-state index is 0.173. The SMILES string of the molecule is CCCCC(CC)CC(NN)c1cccc(C)n1. The quantitative estimate of drug-likeness (QED) is 0.547. The van der Waals surface area contributed by atoms with E-state index in [1.807, 2.05) is 13.0 Å². The van der Waals surface area contributed by atoms with Crippen molar-refractivity contribution in [2.75, 3.05) is 0 Å². The van der Waals surface area contributed by atoms with Gasteiger partial charge in [-0.15, -0.1) is 0 Å². The number of hydrazine groups is 1. The molecule has 0 saturated heterocycles. The molecule has 0 radical (unpaired) electrons. The van der Waals surface area contributed by atoms with Crippen molar-refractivity contribution in [1.29, 1.82) is 0 Å². The summed E-state index contributed by atoms with van der Waals surface area (Å²) < 4.78 is 0. The van der Waals surface area contributed by atoms with Crippen molar-refractivity contribution in [3.05, 3.63) is 29.6 Å². The maximum absolute atomic E-state index is 5.70. The van der Waals surface area contributed by atoms with Crippen molar-refractivity contribution in [2.24, 2.45) is 11.8 Å². The molecule has 3 heteroatoms. The van der Waals surface area contributed by atoms with Gasteiger partial charge in [0.15, 0.2) is 0 Å². The van der Waals surface area contributed by atoms with Crippen LogP contribution in [-0.2, 0) is 0 Å². The summed E-state index contributed by atoms with van der Waals surface area (Å²) in [5.74, 6) is 6.43. The highest BCUT2D eigenvalue weighted by Gasteiger charge is 2.16. The van der Waals surface area contributed by atoms with Gasteiger partial charge in [-0.3, -0.25) is 16.3 Å². The summed E-state index contributed by atoms with van der Waals surface area (Å²) in [6.07, 6.45) is 6.14. The van der Waals surface area contributed by atoms with Gasteiger partial charge in [-0.25, -0.2) is 0 Å². The third-order valence-electron chi connectivity index (χ3n) is 3.58. The topological polar surface area (TPSA) is 50.9 Å². The van der Waals surface area contributed by atoms with Crippen LogP contribution in [0.4, 0.5) is 0 Å². The molecule has 0 saturated carbocycles. The lowest BCUT2D eigenvalue weighted by Crippen LogP contribution is -2.30. The van der Waals surface area contributed by atoms with Gasteiger partial charge < -0.3 is 0 Å². The maximum Gasteiger partial charge on any atom is 0.0634 e. The first-order valence-electron chi connectivity index (χ1n) is 7.10. The van der Waals surface area contributed by atoms with Crippen LogP contribution < -0.4 is 11.3 Å². The summed E-state index contributed by atoms with van der Waals surface area (Å²) in [6, 6.07) is 6.30. The van der Waals surface area contributed by atoms with Crippen LogP contribution in [0, 0.1) is 12.8 Å². The molecule has 18 heavy (non-hydrogen) atoms. The number of nitrogens with one attached hydrogen (secondary N) is 1. The summed E-state index contributed by atoms with van der Waals surface area (Å²) in [7, 11) is 0. The summed E-state index contributed by atoms with van der Waals surface area (Å²) in [5, 5.41) is 0. The number of nitrogens with two attached hydrogens (primary N) is 1. The second-order valence-corrected chi connectivity index (χ2v) is 5.08. The molecular weight excluding hydrogens is 222 g/mol. The summed E-state index contributed by atoms with van der Waals surface area (Å²) in [6.45, 7) is 6.52. The van der Waals surface area contributed by atoms with Crippen LogP contribution >= 0.6 is 0 Å². The Kier molecular flexibility index (Phi) is 6.91. The zero-order valence-corrected chi connectivity index (χ0v) is 11.9.